The van der Waals surface area contributed by atoms with E-state index in [2.05, 4.69) is 21.6 Å². The molecule has 1 aliphatic rings. The summed E-state index contributed by atoms with van der Waals surface area (Å²) in [6.07, 6.45) is 2.96. The number of carbonyl (C=O) groups is 2. The Morgan fingerprint density at radius 2 is 2.12 bits per heavy atom. The number of amides is 2. The standard InChI is InChI=1S/C18H24N4O2S/c1-2-9-19-16(23)11-20-17(24)12-22-10-5-7-14(22)18-21-13-6-3-4-8-15(13)25-18/h3-4,6,8,14H,2,5,7,9-12H2,1H3,(H,19,23)(H,20,24)/t14-/m0/s1. The van der Waals surface area contributed by atoms with Gasteiger partial charge < -0.3 is 10.6 Å². The van der Waals surface area contributed by atoms with Gasteiger partial charge in [0.15, 0.2) is 0 Å². The molecule has 0 saturated carbocycles. The van der Waals surface area contributed by atoms with E-state index >= 15 is 0 Å². The van der Waals surface area contributed by atoms with Crippen molar-refractivity contribution in [3.8, 4) is 0 Å². The summed E-state index contributed by atoms with van der Waals surface area (Å²) in [5.41, 5.74) is 1.02. The molecule has 0 bridgehead atoms. The van der Waals surface area contributed by atoms with Crippen LogP contribution in [0.4, 0.5) is 0 Å². The number of nitrogens with one attached hydrogen (secondary N) is 2. The van der Waals surface area contributed by atoms with E-state index in [1.807, 2.05) is 25.1 Å². The molecule has 1 atom stereocenters. The van der Waals surface area contributed by atoms with Crippen LogP contribution in [0.1, 0.15) is 37.2 Å². The number of fused-ring (bicyclic) bond motifs is 1. The minimum absolute atomic E-state index is 0.0402. The van der Waals surface area contributed by atoms with E-state index < -0.39 is 0 Å². The highest BCUT2D eigenvalue weighted by Gasteiger charge is 2.30. The number of hydrogen-bond acceptors (Lipinski definition) is 5. The second-order valence-corrected chi connectivity index (χ2v) is 7.34. The molecule has 0 spiro atoms. The maximum atomic E-state index is 12.2. The number of rotatable bonds is 7. The smallest absolute Gasteiger partial charge is 0.239 e. The van der Waals surface area contributed by atoms with E-state index in [0.717, 1.165) is 36.3 Å². The van der Waals surface area contributed by atoms with Gasteiger partial charge in [-0.1, -0.05) is 19.1 Å². The fraction of sp³-hybridized carbons (Fsp3) is 0.500. The second kappa shape index (κ2) is 8.40. The Bertz CT molecular complexity index is 713. The van der Waals surface area contributed by atoms with Crippen LogP contribution in [0.3, 0.4) is 0 Å². The minimum atomic E-state index is -0.139. The van der Waals surface area contributed by atoms with Gasteiger partial charge in [-0.3, -0.25) is 14.5 Å². The Labute approximate surface area is 151 Å². The van der Waals surface area contributed by atoms with Crippen LogP contribution in [0.2, 0.25) is 0 Å². The van der Waals surface area contributed by atoms with Crippen LogP contribution in [0.25, 0.3) is 10.2 Å². The highest BCUT2D eigenvalue weighted by atomic mass is 32.1. The van der Waals surface area contributed by atoms with E-state index in [-0.39, 0.29) is 24.4 Å². The molecule has 1 saturated heterocycles. The zero-order valence-corrected chi connectivity index (χ0v) is 15.3. The van der Waals surface area contributed by atoms with Crippen LogP contribution >= 0.6 is 11.3 Å². The highest BCUT2D eigenvalue weighted by molar-refractivity contribution is 7.18. The minimum Gasteiger partial charge on any atom is -0.355 e. The first kappa shape index (κ1) is 17.8. The molecule has 0 unspecified atom stereocenters. The van der Waals surface area contributed by atoms with Gasteiger partial charge in [-0.15, -0.1) is 11.3 Å². The van der Waals surface area contributed by atoms with Gasteiger partial charge in [0.1, 0.15) is 5.01 Å². The molecule has 2 amide bonds. The Kier molecular flexibility index (Phi) is 5.99. The predicted octanol–water partition coefficient (Wildman–Crippen LogP) is 2.08. The van der Waals surface area contributed by atoms with Crippen molar-refractivity contribution in [2.75, 3.05) is 26.2 Å². The molecule has 1 fully saturated rings. The van der Waals surface area contributed by atoms with Crippen LogP contribution in [-0.4, -0.2) is 47.9 Å². The summed E-state index contributed by atoms with van der Waals surface area (Å²) < 4.78 is 1.18. The molecule has 7 heteroatoms. The van der Waals surface area contributed by atoms with E-state index in [1.54, 1.807) is 11.3 Å². The number of hydrogen-bond donors (Lipinski definition) is 2. The number of likely N-dealkylation sites (tertiary alicyclic amines) is 1. The molecule has 1 aromatic heterocycles. The van der Waals surface area contributed by atoms with Crippen LogP contribution in [0.15, 0.2) is 24.3 Å². The van der Waals surface area contributed by atoms with Gasteiger partial charge in [0.05, 0.1) is 29.3 Å². The van der Waals surface area contributed by atoms with Crippen LogP contribution in [0, 0.1) is 0 Å². The molecule has 1 aromatic carbocycles. The topological polar surface area (TPSA) is 74.3 Å². The molecule has 2 N–H and O–H groups in total. The Hall–Kier alpha value is -1.99. The van der Waals surface area contributed by atoms with Crippen molar-refractivity contribution in [3.05, 3.63) is 29.3 Å². The molecule has 134 valence electrons. The molecule has 2 aromatic rings. The summed E-state index contributed by atoms with van der Waals surface area (Å²) >= 11 is 1.70. The predicted molar refractivity (Wildman–Crippen MR) is 99.5 cm³/mol. The van der Waals surface area contributed by atoms with Crippen molar-refractivity contribution < 1.29 is 9.59 Å². The summed E-state index contributed by atoms with van der Waals surface area (Å²) in [5, 5.41) is 6.54. The van der Waals surface area contributed by atoms with Gasteiger partial charge in [-0.2, -0.15) is 0 Å². The van der Waals surface area contributed by atoms with Gasteiger partial charge in [-0.25, -0.2) is 4.98 Å². The number of thiazole rings is 1. The van der Waals surface area contributed by atoms with E-state index in [9.17, 15) is 9.59 Å². The highest BCUT2D eigenvalue weighted by Crippen LogP contribution is 2.36. The first-order valence-electron chi connectivity index (χ1n) is 8.80. The lowest BCUT2D eigenvalue weighted by Crippen LogP contribution is -2.42. The molecule has 0 radical (unpaired) electrons. The fourth-order valence-corrected chi connectivity index (χ4v) is 4.21. The average Bonchev–Trinajstić information content (AvgIpc) is 3.24. The van der Waals surface area contributed by atoms with Crippen LogP contribution in [0.5, 0.6) is 0 Å². The van der Waals surface area contributed by atoms with Gasteiger partial charge in [0.25, 0.3) is 0 Å². The zero-order chi connectivity index (χ0) is 17.6. The third-order valence-corrected chi connectivity index (χ3v) is 5.46. The Balaban J connectivity index is 1.56. The molecular formula is C18H24N4O2S. The van der Waals surface area contributed by atoms with Crippen molar-refractivity contribution in [3.63, 3.8) is 0 Å². The van der Waals surface area contributed by atoms with Crippen LogP contribution < -0.4 is 10.6 Å². The molecule has 0 aliphatic carbocycles. The van der Waals surface area contributed by atoms with Gasteiger partial charge in [0.2, 0.25) is 11.8 Å². The summed E-state index contributed by atoms with van der Waals surface area (Å²) in [6, 6.07) is 8.31. The fourth-order valence-electron chi connectivity index (χ4n) is 3.07. The Morgan fingerprint density at radius 3 is 2.92 bits per heavy atom. The molecule has 3 rings (SSSR count). The maximum Gasteiger partial charge on any atom is 0.239 e. The Morgan fingerprint density at radius 1 is 1.28 bits per heavy atom. The molecule has 6 nitrogen and oxygen atoms in total. The van der Waals surface area contributed by atoms with Crippen LogP contribution in [-0.2, 0) is 9.59 Å². The van der Waals surface area contributed by atoms with E-state index in [4.69, 9.17) is 4.98 Å². The summed E-state index contributed by atoms with van der Waals surface area (Å²) in [6.45, 7) is 3.87. The number of benzene rings is 1. The first-order chi connectivity index (χ1) is 12.2. The van der Waals surface area contributed by atoms with Crippen molar-refractivity contribution >= 4 is 33.4 Å². The largest absolute Gasteiger partial charge is 0.355 e. The lowest BCUT2D eigenvalue weighted by Gasteiger charge is -2.21. The summed E-state index contributed by atoms with van der Waals surface area (Å²) in [5.74, 6) is -0.251. The quantitative estimate of drug-likeness (QED) is 0.793. The number of nitrogens with zero attached hydrogens (tertiary/aromatic N) is 2. The average molecular weight is 360 g/mol. The van der Waals surface area contributed by atoms with Gasteiger partial charge in [0, 0.05) is 6.54 Å². The number of para-hydroxylation sites is 1. The SMILES string of the molecule is CCCNC(=O)CNC(=O)CN1CCC[C@H]1c1nc2ccccc2s1. The lowest BCUT2D eigenvalue weighted by molar-refractivity contribution is -0.126. The number of aromatic nitrogens is 1. The van der Waals surface area contributed by atoms with Crippen molar-refractivity contribution in [1.29, 1.82) is 0 Å². The van der Waals surface area contributed by atoms with Crippen molar-refractivity contribution in [2.45, 2.75) is 32.2 Å². The molecule has 25 heavy (non-hydrogen) atoms. The zero-order valence-electron chi connectivity index (χ0n) is 14.5. The van der Waals surface area contributed by atoms with E-state index in [1.165, 1.54) is 4.70 Å². The first-order valence-corrected chi connectivity index (χ1v) is 9.62. The molecular weight excluding hydrogens is 336 g/mol. The van der Waals surface area contributed by atoms with Crippen molar-refractivity contribution in [2.24, 2.45) is 0 Å². The third-order valence-electron chi connectivity index (χ3n) is 4.32. The van der Waals surface area contributed by atoms with Gasteiger partial charge >= 0.3 is 0 Å². The van der Waals surface area contributed by atoms with Gasteiger partial charge in [-0.05, 0) is 37.9 Å². The van der Waals surface area contributed by atoms with E-state index in [0.29, 0.717) is 13.1 Å². The maximum absolute atomic E-state index is 12.2. The summed E-state index contributed by atoms with van der Waals surface area (Å²) in [7, 11) is 0. The molecule has 2 heterocycles. The summed E-state index contributed by atoms with van der Waals surface area (Å²) in [4.78, 5) is 30.7. The normalized spacial score (nSPS) is 17.7. The number of carbonyl (C=O) groups excluding carboxylic acids is 2. The van der Waals surface area contributed by atoms with Crippen molar-refractivity contribution in [1.82, 2.24) is 20.5 Å². The third kappa shape index (κ3) is 4.55. The molecule has 1 aliphatic heterocycles. The second-order valence-electron chi connectivity index (χ2n) is 6.28. The monoisotopic (exact) mass is 360 g/mol. The lowest BCUT2D eigenvalue weighted by atomic mass is 10.2.